The van der Waals surface area contributed by atoms with Gasteiger partial charge in [0.05, 0.1) is 18.1 Å². The first-order valence-corrected chi connectivity index (χ1v) is 22.6. The van der Waals surface area contributed by atoms with Crippen LogP contribution in [0.2, 0.25) is 0 Å². The second kappa shape index (κ2) is 17.3. The third kappa shape index (κ3) is 9.96. The van der Waals surface area contributed by atoms with Crippen molar-refractivity contribution < 1.29 is 83.0 Å². The minimum Gasteiger partial charge on any atom is -0.508 e. The number of aliphatic hydroxyl groups excluding tert-OH is 1. The van der Waals surface area contributed by atoms with Gasteiger partial charge >= 0.3 is 38.7 Å². The lowest BCUT2D eigenvalue weighted by atomic mass is 9.43. The van der Waals surface area contributed by atoms with Crippen LogP contribution in [-0.2, 0) is 68.9 Å². The zero-order valence-corrected chi connectivity index (χ0v) is 34.7. The summed E-state index contributed by atoms with van der Waals surface area (Å²) in [6, 6.07) is 6.00. The van der Waals surface area contributed by atoms with E-state index in [1.807, 2.05) is 6.92 Å². The van der Waals surface area contributed by atoms with Crippen molar-refractivity contribution in [3.05, 3.63) is 42.0 Å². The van der Waals surface area contributed by atoms with Crippen molar-refractivity contribution in [3.63, 3.8) is 0 Å². The summed E-state index contributed by atoms with van der Waals surface area (Å²) in [5.41, 5.74) is 0.216. The molecule has 5 fully saturated rings. The molecule has 6 rings (SSSR count). The summed E-state index contributed by atoms with van der Waals surface area (Å²) in [4.78, 5) is 39.2. The van der Waals surface area contributed by atoms with E-state index >= 15 is 0 Å². The number of phenols is 1. The molecule has 1 aromatic carbocycles. The van der Waals surface area contributed by atoms with Crippen LogP contribution >= 0.6 is 0 Å². The maximum Gasteiger partial charge on any atom is 0.397 e. The molecule has 5 N–H and O–H groups in total. The Morgan fingerprint density at radius 3 is 2.24 bits per heavy atom. The molecule has 20 heteroatoms. The Labute approximate surface area is 343 Å². The molecule has 4 aliphatic carbocycles. The summed E-state index contributed by atoms with van der Waals surface area (Å²) < 4.78 is 102. The first-order chi connectivity index (χ1) is 27.5. The quantitative estimate of drug-likeness (QED) is 0.0729. The number of carboxylic acids is 1. The van der Waals surface area contributed by atoms with E-state index < -0.39 is 105 Å². The Balaban J connectivity index is 1.33. The van der Waals surface area contributed by atoms with Crippen molar-refractivity contribution in [1.82, 2.24) is 0 Å². The number of carbonyl (C=O) groups excluding carboxylic acids is 2. The molecule has 0 radical (unpaired) electrons. The topological polar surface area (TPSA) is 276 Å². The third-order valence-corrected chi connectivity index (χ3v) is 14.2. The van der Waals surface area contributed by atoms with Crippen LogP contribution < -0.4 is 0 Å². The summed E-state index contributed by atoms with van der Waals surface area (Å²) in [5.74, 6) is -4.37. The fourth-order valence-corrected chi connectivity index (χ4v) is 12.0. The standard InChI is InChI=1S/C39H54O18S2/c1-20(2)15-31(42)55-34-33(57-59(49,50)51)32(56-58(46,47)48)28(19-52-30(41)12-7-22-5-9-24(40)10-6-22)54-37(34)53-25-16-26(36(44)45)27-13-14-39-17-23(21(3)35(39)43)8-11-29(39)38(27,4)18-25/h5-6,9-10,20,23,25-29,32-35,37,40,43H,3,7-8,11-19H2,1-2,4H3,(H,44,45)(H,46,47,48)(H,49,50,51)/t23-,25-,26-,27-,28-,29+,32-,33+,34-,35-,37-,38-,39-/m1/s1. The van der Waals surface area contributed by atoms with Gasteiger partial charge < -0.3 is 34.3 Å². The summed E-state index contributed by atoms with van der Waals surface area (Å²) in [6.07, 6.45) is -8.81. The van der Waals surface area contributed by atoms with Gasteiger partial charge in [-0.2, -0.15) is 16.8 Å². The van der Waals surface area contributed by atoms with E-state index in [9.17, 15) is 55.6 Å². The number of aliphatic hydroxyl groups is 1. The minimum atomic E-state index is -5.53. The largest absolute Gasteiger partial charge is 0.508 e. The number of carboxylic acid groups (broad SMARTS) is 1. The van der Waals surface area contributed by atoms with Crippen LogP contribution in [0.5, 0.6) is 5.75 Å². The number of phenolic OH excluding ortho intramolecular Hbond substituents is 1. The van der Waals surface area contributed by atoms with E-state index in [1.54, 1.807) is 26.0 Å². The van der Waals surface area contributed by atoms with Crippen molar-refractivity contribution in [2.24, 2.45) is 40.4 Å². The molecule has 0 unspecified atom stereocenters. The third-order valence-electron chi connectivity index (χ3n) is 13.3. The van der Waals surface area contributed by atoms with Crippen LogP contribution in [0.3, 0.4) is 0 Å². The number of hydrogen-bond acceptors (Lipinski definition) is 15. The fraction of sp³-hybridized carbons (Fsp3) is 0.718. The zero-order chi connectivity index (χ0) is 43.2. The monoisotopic (exact) mass is 874 g/mol. The number of benzene rings is 1. The fourth-order valence-electron chi connectivity index (χ4n) is 11.0. The van der Waals surface area contributed by atoms with Gasteiger partial charge in [0.2, 0.25) is 0 Å². The van der Waals surface area contributed by atoms with Gasteiger partial charge in [-0.25, -0.2) is 8.37 Å². The zero-order valence-electron chi connectivity index (χ0n) is 33.1. The highest BCUT2D eigenvalue weighted by Gasteiger charge is 2.67. The lowest BCUT2D eigenvalue weighted by Gasteiger charge is -2.62. The van der Waals surface area contributed by atoms with Crippen LogP contribution in [0, 0.1) is 40.4 Å². The first kappa shape index (κ1) is 45.3. The molecule has 330 valence electrons. The van der Waals surface area contributed by atoms with Gasteiger partial charge in [-0.1, -0.05) is 39.5 Å². The Kier molecular flexibility index (Phi) is 13.3. The molecule has 0 amide bonds. The van der Waals surface area contributed by atoms with Gasteiger partial charge in [0, 0.05) is 18.3 Å². The van der Waals surface area contributed by atoms with Gasteiger partial charge in [-0.15, -0.1) is 0 Å². The molecule has 4 saturated carbocycles. The number of aromatic hydroxyl groups is 1. The molecule has 18 nitrogen and oxygen atoms in total. The molecule has 1 aromatic rings. The molecule has 5 aliphatic rings. The molecular weight excluding hydrogens is 821 g/mol. The van der Waals surface area contributed by atoms with E-state index in [0.717, 1.165) is 18.4 Å². The van der Waals surface area contributed by atoms with Gasteiger partial charge in [0.25, 0.3) is 0 Å². The Bertz CT molecular complexity index is 1970. The minimum absolute atomic E-state index is 0.0107. The molecule has 1 saturated heterocycles. The van der Waals surface area contributed by atoms with Crippen molar-refractivity contribution in [2.75, 3.05) is 6.61 Å². The number of aryl methyl sites for hydroxylation is 1. The van der Waals surface area contributed by atoms with Crippen LogP contribution in [0.25, 0.3) is 0 Å². The van der Waals surface area contributed by atoms with E-state index in [0.29, 0.717) is 24.8 Å². The average Bonchev–Trinajstić information content (AvgIpc) is 3.29. The lowest BCUT2D eigenvalue weighted by Crippen LogP contribution is -2.64. The molecule has 1 aliphatic heterocycles. The molecule has 0 aromatic heterocycles. The van der Waals surface area contributed by atoms with Crippen LogP contribution in [0.1, 0.15) is 84.1 Å². The predicted molar refractivity (Wildman–Crippen MR) is 203 cm³/mol. The number of aliphatic carboxylic acids is 1. The van der Waals surface area contributed by atoms with Gasteiger partial charge in [-0.05, 0) is 104 Å². The van der Waals surface area contributed by atoms with Gasteiger partial charge in [0.1, 0.15) is 24.6 Å². The van der Waals surface area contributed by atoms with Crippen molar-refractivity contribution in [3.8, 4) is 5.75 Å². The average molecular weight is 875 g/mol. The van der Waals surface area contributed by atoms with Crippen molar-refractivity contribution in [1.29, 1.82) is 0 Å². The molecule has 2 bridgehead atoms. The second-order valence-electron chi connectivity index (χ2n) is 17.5. The Hall–Kier alpha value is -3.21. The molecule has 1 heterocycles. The summed E-state index contributed by atoms with van der Waals surface area (Å²) in [7, 11) is -11.0. The van der Waals surface area contributed by atoms with Gasteiger partial charge in [-0.3, -0.25) is 23.5 Å². The SMILES string of the molecule is C=C1[C@@H]2CC[C@H]3[C@]4(C)C[C@H](O[C@@H]5O[C@H](COC(=O)CCc6ccc(O)cc6)[C@@H](OS(=O)(=O)O)[C@H](OS(=O)(=O)O)[C@H]5OC(=O)CC(C)C)C[C@@H](C(=O)O)[C@H]4CC[C@]3(C2)[C@@H]1O. The van der Waals surface area contributed by atoms with Crippen LogP contribution in [0.15, 0.2) is 36.4 Å². The number of carbonyl (C=O) groups is 3. The van der Waals surface area contributed by atoms with E-state index in [2.05, 4.69) is 6.58 Å². The van der Waals surface area contributed by atoms with Crippen molar-refractivity contribution >= 4 is 38.7 Å². The number of ether oxygens (including phenoxy) is 4. The number of rotatable bonds is 15. The normalized spacial score (nSPS) is 37.0. The lowest BCUT2D eigenvalue weighted by molar-refractivity contribution is -0.316. The smallest absolute Gasteiger partial charge is 0.397 e. The maximum atomic E-state index is 13.2. The highest BCUT2D eigenvalue weighted by molar-refractivity contribution is 7.81. The molecular formula is C39H54O18S2. The number of hydrogen-bond donors (Lipinski definition) is 5. The highest BCUT2D eigenvalue weighted by Crippen LogP contribution is 2.70. The predicted octanol–water partition coefficient (Wildman–Crippen LogP) is 3.56. The number of esters is 2. The highest BCUT2D eigenvalue weighted by atomic mass is 32.3. The van der Waals surface area contributed by atoms with E-state index in [1.165, 1.54) is 12.1 Å². The van der Waals surface area contributed by atoms with E-state index in [-0.39, 0.29) is 61.5 Å². The summed E-state index contributed by atoms with van der Waals surface area (Å²) in [5, 5.41) is 31.7. The van der Waals surface area contributed by atoms with Crippen molar-refractivity contribution in [2.45, 2.75) is 128 Å². The van der Waals surface area contributed by atoms with Gasteiger partial charge in [0.15, 0.2) is 18.5 Å². The van der Waals surface area contributed by atoms with Crippen LogP contribution in [0.4, 0.5) is 0 Å². The summed E-state index contributed by atoms with van der Waals surface area (Å²) >= 11 is 0. The summed E-state index contributed by atoms with van der Waals surface area (Å²) in [6.45, 7) is 8.69. The first-order valence-electron chi connectivity index (χ1n) is 19.8. The maximum absolute atomic E-state index is 13.2. The second-order valence-corrected chi connectivity index (χ2v) is 19.6. The van der Waals surface area contributed by atoms with Crippen LogP contribution in [-0.4, -0.2) is 109 Å². The molecule has 1 spiro atoms. The number of fused-ring (bicyclic) bond motifs is 3. The molecule has 59 heavy (non-hydrogen) atoms. The Morgan fingerprint density at radius 2 is 1.61 bits per heavy atom. The molecule has 13 atom stereocenters. The van der Waals surface area contributed by atoms with E-state index in [4.69, 9.17) is 27.3 Å². The Morgan fingerprint density at radius 1 is 0.949 bits per heavy atom.